The average Bonchev–Trinajstić information content (AvgIpc) is 2.21. The van der Waals surface area contributed by atoms with Crippen molar-refractivity contribution in [1.29, 1.82) is 0 Å². The minimum atomic E-state index is -4.05. The predicted octanol–water partition coefficient (Wildman–Crippen LogP) is 5.60. The fraction of sp³-hybridized carbons (Fsp3) is 0.571. The normalized spacial score (nSPS) is 13.4. The number of anilines is 1. The van der Waals surface area contributed by atoms with E-state index < -0.39 is 12.6 Å². The third-order valence-corrected chi connectivity index (χ3v) is 3.44. The van der Waals surface area contributed by atoms with Gasteiger partial charge < -0.3 is 5.32 Å². The van der Waals surface area contributed by atoms with E-state index in [-0.39, 0.29) is 12.5 Å². The summed E-state index contributed by atoms with van der Waals surface area (Å²) >= 11 is 3.42. The summed E-state index contributed by atoms with van der Waals surface area (Å²) in [5.41, 5.74) is 3.20. The van der Waals surface area contributed by atoms with Gasteiger partial charge in [-0.25, -0.2) is 0 Å². The van der Waals surface area contributed by atoms with E-state index in [0.29, 0.717) is 6.42 Å². The summed E-state index contributed by atoms with van der Waals surface area (Å²) in [4.78, 5) is 0. The molecule has 1 N–H and O–H groups in total. The van der Waals surface area contributed by atoms with Gasteiger partial charge in [0.25, 0.3) is 0 Å². The third-order valence-electron chi connectivity index (χ3n) is 2.99. The van der Waals surface area contributed by atoms with Crippen molar-refractivity contribution in [3.05, 3.63) is 27.7 Å². The molecule has 1 unspecified atom stereocenters. The van der Waals surface area contributed by atoms with Crippen LogP contribution in [0.25, 0.3) is 0 Å². The van der Waals surface area contributed by atoms with Crippen molar-refractivity contribution in [1.82, 2.24) is 0 Å². The topological polar surface area (TPSA) is 12.0 Å². The van der Waals surface area contributed by atoms with Crippen molar-refractivity contribution in [3.8, 4) is 0 Å². The van der Waals surface area contributed by atoms with Crippen LogP contribution in [-0.4, -0.2) is 12.2 Å². The second kappa shape index (κ2) is 6.64. The molecule has 1 aromatic carbocycles. The first-order valence-corrected chi connectivity index (χ1v) is 7.08. The molecule has 1 rings (SSSR count). The van der Waals surface area contributed by atoms with E-state index >= 15 is 0 Å². The van der Waals surface area contributed by atoms with Crippen LogP contribution in [0, 0.1) is 13.8 Å². The third kappa shape index (κ3) is 5.85. The Labute approximate surface area is 120 Å². The molecule has 0 aliphatic carbocycles. The van der Waals surface area contributed by atoms with Gasteiger partial charge in [-0.1, -0.05) is 15.9 Å². The molecule has 0 spiro atoms. The second-order valence-electron chi connectivity index (χ2n) is 4.97. The Morgan fingerprint density at radius 2 is 1.74 bits per heavy atom. The standard InChI is InChI=1S/C14H19BrF3N/c1-9-7-12(15)8-10(2)13(9)19-11(3)5-4-6-14(16,17)18/h7-8,11,19H,4-6H2,1-3H3. The van der Waals surface area contributed by atoms with Crippen molar-refractivity contribution >= 4 is 21.6 Å². The lowest BCUT2D eigenvalue weighted by atomic mass is 10.1. The van der Waals surface area contributed by atoms with Gasteiger partial charge in [0.05, 0.1) is 0 Å². The summed E-state index contributed by atoms with van der Waals surface area (Å²) < 4.78 is 37.3. The molecule has 0 aliphatic heterocycles. The Morgan fingerprint density at radius 3 is 2.21 bits per heavy atom. The van der Waals surface area contributed by atoms with Gasteiger partial charge in [-0.05, 0) is 56.9 Å². The molecule has 108 valence electrons. The first kappa shape index (κ1) is 16.3. The van der Waals surface area contributed by atoms with E-state index in [2.05, 4.69) is 21.2 Å². The number of halogens is 4. The predicted molar refractivity (Wildman–Crippen MR) is 76.6 cm³/mol. The van der Waals surface area contributed by atoms with E-state index in [1.165, 1.54) is 0 Å². The van der Waals surface area contributed by atoms with E-state index in [1.54, 1.807) is 0 Å². The highest BCUT2D eigenvalue weighted by Crippen LogP contribution is 2.27. The molecule has 0 heterocycles. The molecule has 0 saturated heterocycles. The fourth-order valence-corrected chi connectivity index (χ4v) is 2.75. The van der Waals surface area contributed by atoms with E-state index in [1.807, 2.05) is 32.9 Å². The van der Waals surface area contributed by atoms with E-state index in [4.69, 9.17) is 0 Å². The van der Waals surface area contributed by atoms with Crippen LogP contribution < -0.4 is 5.32 Å². The zero-order valence-electron chi connectivity index (χ0n) is 11.4. The summed E-state index contributed by atoms with van der Waals surface area (Å²) in [7, 11) is 0. The lowest BCUT2D eigenvalue weighted by molar-refractivity contribution is -0.135. The lowest BCUT2D eigenvalue weighted by Gasteiger charge is -2.19. The van der Waals surface area contributed by atoms with Crippen LogP contribution in [0.4, 0.5) is 18.9 Å². The maximum Gasteiger partial charge on any atom is 0.389 e. The number of hydrogen-bond donors (Lipinski definition) is 1. The van der Waals surface area contributed by atoms with Crippen LogP contribution >= 0.6 is 15.9 Å². The molecule has 5 heteroatoms. The lowest BCUT2D eigenvalue weighted by Crippen LogP contribution is -2.18. The molecule has 0 aliphatic rings. The number of hydrogen-bond acceptors (Lipinski definition) is 1. The molecule has 1 atom stereocenters. The van der Waals surface area contributed by atoms with Gasteiger partial charge in [0.1, 0.15) is 0 Å². The average molecular weight is 338 g/mol. The molecule has 1 nitrogen and oxygen atoms in total. The zero-order valence-corrected chi connectivity index (χ0v) is 13.0. The molecule has 0 radical (unpaired) electrons. The SMILES string of the molecule is Cc1cc(Br)cc(C)c1NC(C)CCCC(F)(F)F. The van der Waals surface area contributed by atoms with Gasteiger partial charge in [0, 0.05) is 22.6 Å². The van der Waals surface area contributed by atoms with E-state index in [9.17, 15) is 13.2 Å². The zero-order chi connectivity index (χ0) is 14.6. The maximum absolute atomic E-state index is 12.1. The Hall–Kier alpha value is -0.710. The van der Waals surface area contributed by atoms with Crippen molar-refractivity contribution in [2.24, 2.45) is 0 Å². The van der Waals surface area contributed by atoms with Gasteiger partial charge in [0.2, 0.25) is 0 Å². The van der Waals surface area contributed by atoms with Gasteiger partial charge in [-0.2, -0.15) is 13.2 Å². The Bertz CT molecular complexity index is 406. The van der Waals surface area contributed by atoms with Crippen molar-refractivity contribution in [2.75, 3.05) is 5.32 Å². The number of nitrogens with one attached hydrogen (secondary N) is 1. The fourth-order valence-electron chi connectivity index (χ4n) is 2.07. The first-order chi connectivity index (χ1) is 8.69. The van der Waals surface area contributed by atoms with E-state index in [0.717, 1.165) is 21.3 Å². The molecule has 19 heavy (non-hydrogen) atoms. The molecule has 1 aromatic rings. The second-order valence-corrected chi connectivity index (χ2v) is 5.88. The van der Waals surface area contributed by atoms with Gasteiger partial charge in [-0.3, -0.25) is 0 Å². The summed E-state index contributed by atoms with van der Waals surface area (Å²) in [6.07, 6.45) is -4.10. The Kier molecular flexibility index (Phi) is 5.71. The first-order valence-electron chi connectivity index (χ1n) is 6.29. The number of benzene rings is 1. The summed E-state index contributed by atoms with van der Waals surface area (Å²) in [5.74, 6) is 0. The molecule has 0 aromatic heterocycles. The molecular weight excluding hydrogens is 319 g/mol. The molecule has 0 bridgehead atoms. The molecule has 0 fully saturated rings. The van der Waals surface area contributed by atoms with Crippen LogP contribution in [0.3, 0.4) is 0 Å². The van der Waals surface area contributed by atoms with Crippen LogP contribution in [0.2, 0.25) is 0 Å². The van der Waals surface area contributed by atoms with Crippen LogP contribution in [0.15, 0.2) is 16.6 Å². The molecular formula is C14H19BrF3N. The number of aryl methyl sites for hydroxylation is 2. The minimum Gasteiger partial charge on any atom is -0.382 e. The number of alkyl halides is 3. The molecule has 0 amide bonds. The van der Waals surface area contributed by atoms with Crippen LogP contribution in [-0.2, 0) is 0 Å². The summed E-state index contributed by atoms with van der Waals surface area (Å²) in [6, 6.07) is 4.02. The Balaban J connectivity index is 2.55. The minimum absolute atomic E-state index is 0.0286. The van der Waals surface area contributed by atoms with Crippen molar-refractivity contribution in [2.45, 2.75) is 52.3 Å². The van der Waals surface area contributed by atoms with Crippen molar-refractivity contribution in [3.63, 3.8) is 0 Å². The van der Waals surface area contributed by atoms with Gasteiger partial charge in [0.15, 0.2) is 0 Å². The maximum atomic E-state index is 12.1. The Morgan fingerprint density at radius 1 is 1.21 bits per heavy atom. The van der Waals surface area contributed by atoms with Gasteiger partial charge in [-0.15, -0.1) is 0 Å². The van der Waals surface area contributed by atoms with Crippen LogP contribution in [0.1, 0.15) is 37.3 Å². The van der Waals surface area contributed by atoms with Crippen molar-refractivity contribution < 1.29 is 13.2 Å². The largest absolute Gasteiger partial charge is 0.389 e. The smallest absolute Gasteiger partial charge is 0.382 e. The molecule has 0 saturated carbocycles. The van der Waals surface area contributed by atoms with Gasteiger partial charge >= 0.3 is 6.18 Å². The highest BCUT2D eigenvalue weighted by Gasteiger charge is 2.26. The monoisotopic (exact) mass is 337 g/mol. The highest BCUT2D eigenvalue weighted by molar-refractivity contribution is 9.10. The quantitative estimate of drug-likeness (QED) is 0.737. The summed E-state index contributed by atoms with van der Waals surface area (Å²) in [5, 5.41) is 3.30. The summed E-state index contributed by atoms with van der Waals surface area (Å²) in [6.45, 7) is 5.89. The highest BCUT2D eigenvalue weighted by atomic mass is 79.9. The van der Waals surface area contributed by atoms with Crippen LogP contribution in [0.5, 0.6) is 0 Å². The number of rotatable bonds is 5.